The van der Waals surface area contributed by atoms with Crippen molar-refractivity contribution >= 4 is 0 Å². The Hall–Kier alpha value is -2.00. The zero-order valence-electron chi connectivity index (χ0n) is 16.1. The number of hydrogen-bond acceptors (Lipinski definition) is 7. The molecule has 1 saturated heterocycles. The normalized spacial score (nSPS) is 27.0. The maximum absolute atomic E-state index is 10.7. The molecule has 3 rings (SSSR count). The molecule has 2 aromatic rings. The Balaban J connectivity index is 1.64. The average molecular weight is 404 g/mol. The average Bonchev–Trinajstić information content (AvgIpc) is 2.75. The van der Waals surface area contributed by atoms with Crippen molar-refractivity contribution in [2.45, 2.75) is 50.2 Å². The van der Waals surface area contributed by atoms with Gasteiger partial charge < -0.3 is 34.6 Å². The fraction of sp³-hybridized carbons (Fsp3) is 0.455. The van der Waals surface area contributed by atoms with E-state index in [1.807, 2.05) is 30.3 Å². The maximum Gasteiger partial charge on any atom is 0.229 e. The van der Waals surface area contributed by atoms with E-state index in [4.69, 9.17) is 19.3 Å². The van der Waals surface area contributed by atoms with E-state index in [1.54, 1.807) is 24.3 Å². The van der Waals surface area contributed by atoms with E-state index in [0.717, 1.165) is 17.5 Å². The summed E-state index contributed by atoms with van der Waals surface area (Å²) in [6.07, 6.45) is -3.93. The molecule has 7 nitrogen and oxygen atoms in total. The summed E-state index contributed by atoms with van der Waals surface area (Å²) in [5, 5.41) is 39.6. The van der Waals surface area contributed by atoms with Crippen LogP contribution in [0.2, 0.25) is 0 Å². The summed E-state index contributed by atoms with van der Waals surface area (Å²) in [6.45, 7) is -0.0974. The molecular weight excluding hydrogens is 376 g/mol. The molecule has 2 aromatic carbocycles. The fourth-order valence-corrected chi connectivity index (χ4v) is 3.26. The van der Waals surface area contributed by atoms with Gasteiger partial charge in [0.2, 0.25) is 6.29 Å². The SMILES string of the molecule is OCCCc1ccc(CO[C@@H]2[C@@H](O)[C@H](Oc3ccccc3)O[C@H](CO)[C@H]2O)cc1. The van der Waals surface area contributed by atoms with Gasteiger partial charge in [0.1, 0.15) is 30.2 Å². The Morgan fingerprint density at radius 1 is 0.862 bits per heavy atom. The molecule has 0 saturated carbocycles. The van der Waals surface area contributed by atoms with Gasteiger partial charge in [-0.15, -0.1) is 0 Å². The topological polar surface area (TPSA) is 109 Å². The highest BCUT2D eigenvalue weighted by molar-refractivity contribution is 5.23. The molecule has 0 bridgehead atoms. The summed E-state index contributed by atoms with van der Waals surface area (Å²) in [7, 11) is 0. The van der Waals surface area contributed by atoms with Crippen LogP contribution in [0.15, 0.2) is 54.6 Å². The second-order valence-electron chi connectivity index (χ2n) is 7.06. The fourth-order valence-electron chi connectivity index (χ4n) is 3.26. The van der Waals surface area contributed by atoms with Gasteiger partial charge in [0.15, 0.2) is 0 Å². The number of aryl methyl sites for hydroxylation is 1. The highest BCUT2D eigenvalue weighted by Crippen LogP contribution is 2.26. The first kappa shape index (κ1) is 21.7. The molecule has 0 unspecified atom stereocenters. The second kappa shape index (κ2) is 10.7. The van der Waals surface area contributed by atoms with Crippen molar-refractivity contribution < 1.29 is 34.6 Å². The first-order valence-corrected chi connectivity index (χ1v) is 9.77. The number of rotatable bonds is 9. The molecule has 4 N–H and O–H groups in total. The van der Waals surface area contributed by atoms with Crippen molar-refractivity contribution in [2.24, 2.45) is 0 Å². The predicted octanol–water partition coefficient (Wildman–Crippen LogP) is 1.01. The molecule has 7 heteroatoms. The Morgan fingerprint density at radius 3 is 2.21 bits per heavy atom. The van der Waals surface area contributed by atoms with Gasteiger partial charge in [0.25, 0.3) is 0 Å². The third kappa shape index (κ3) is 5.76. The number of ether oxygens (including phenoxy) is 3. The van der Waals surface area contributed by atoms with E-state index < -0.39 is 37.3 Å². The summed E-state index contributed by atoms with van der Waals surface area (Å²) in [5.41, 5.74) is 2.00. The monoisotopic (exact) mass is 404 g/mol. The van der Waals surface area contributed by atoms with Crippen LogP contribution in [-0.4, -0.2) is 64.3 Å². The van der Waals surface area contributed by atoms with Crippen LogP contribution in [0.3, 0.4) is 0 Å². The lowest BCUT2D eigenvalue weighted by Crippen LogP contribution is -2.60. The maximum atomic E-state index is 10.7. The third-order valence-electron chi connectivity index (χ3n) is 4.91. The molecule has 0 amide bonds. The van der Waals surface area contributed by atoms with E-state index in [9.17, 15) is 15.3 Å². The van der Waals surface area contributed by atoms with Crippen LogP contribution < -0.4 is 4.74 Å². The molecule has 29 heavy (non-hydrogen) atoms. The van der Waals surface area contributed by atoms with Gasteiger partial charge in [-0.25, -0.2) is 0 Å². The van der Waals surface area contributed by atoms with Crippen molar-refractivity contribution in [1.29, 1.82) is 0 Å². The highest BCUT2D eigenvalue weighted by atomic mass is 16.7. The van der Waals surface area contributed by atoms with E-state index in [0.29, 0.717) is 12.2 Å². The van der Waals surface area contributed by atoms with Crippen LogP contribution in [0.25, 0.3) is 0 Å². The van der Waals surface area contributed by atoms with E-state index >= 15 is 0 Å². The minimum Gasteiger partial charge on any atom is -0.462 e. The van der Waals surface area contributed by atoms with Crippen LogP contribution in [0.5, 0.6) is 5.75 Å². The van der Waals surface area contributed by atoms with Gasteiger partial charge >= 0.3 is 0 Å². The standard InChI is InChI=1S/C22H28O7/c23-12-4-5-15-8-10-16(11-9-15)14-27-21-19(25)18(13-24)29-22(20(21)26)28-17-6-2-1-3-7-17/h1-3,6-11,18-26H,4-5,12-14H2/t18-,19-,20-,21+,22-/m1/s1. The molecule has 5 atom stereocenters. The van der Waals surface area contributed by atoms with Crippen LogP contribution >= 0.6 is 0 Å². The van der Waals surface area contributed by atoms with Gasteiger partial charge in [0.05, 0.1) is 13.2 Å². The number of aliphatic hydroxyl groups is 4. The Morgan fingerprint density at radius 2 is 1.55 bits per heavy atom. The largest absolute Gasteiger partial charge is 0.462 e. The van der Waals surface area contributed by atoms with Crippen molar-refractivity contribution in [2.75, 3.05) is 13.2 Å². The number of aliphatic hydroxyl groups excluding tert-OH is 4. The quantitative estimate of drug-likeness (QED) is 0.494. The lowest BCUT2D eigenvalue weighted by Gasteiger charge is -2.41. The second-order valence-corrected chi connectivity index (χ2v) is 7.06. The number of para-hydroxylation sites is 1. The van der Waals surface area contributed by atoms with Gasteiger partial charge in [-0.05, 0) is 36.1 Å². The molecule has 158 valence electrons. The molecular formula is C22H28O7. The third-order valence-corrected chi connectivity index (χ3v) is 4.91. The molecule has 1 fully saturated rings. The Kier molecular flexibility index (Phi) is 8.00. The van der Waals surface area contributed by atoms with Gasteiger partial charge in [0, 0.05) is 6.61 Å². The number of hydrogen-bond donors (Lipinski definition) is 4. The van der Waals surface area contributed by atoms with Crippen LogP contribution in [-0.2, 0) is 22.5 Å². The molecule has 1 aliphatic heterocycles. The smallest absolute Gasteiger partial charge is 0.229 e. The van der Waals surface area contributed by atoms with Gasteiger partial charge in [-0.2, -0.15) is 0 Å². The van der Waals surface area contributed by atoms with Gasteiger partial charge in [-0.3, -0.25) is 0 Å². The summed E-state index contributed by atoms with van der Waals surface area (Å²) in [5.74, 6) is 0.502. The van der Waals surface area contributed by atoms with Crippen LogP contribution in [0.1, 0.15) is 17.5 Å². The lowest BCUT2D eigenvalue weighted by molar-refractivity contribution is -0.287. The van der Waals surface area contributed by atoms with E-state index in [-0.39, 0.29) is 13.2 Å². The van der Waals surface area contributed by atoms with Crippen LogP contribution in [0.4, 0.5) is 0 Å². The first-order chi connectivity index (χ1) is 14.1. The van der Waals surface area contributed by atoms with Gasteiger partial charge in [-0.1, -0.05) is 42.5 Å². The summed E-state index contributed by atoms with van der Waals surface area (Å²) in [4.78, 5) is 0. The van der Waals surface area contributed by atoms with E-state index in [1.165, 1.54) is 0 Å². The Labute approximate surface area is 170 Å². The number of benzene rings is 2. The molecule has 0 aromatic heterocycles. The summed E-state index contributed by atoms with van der Waals surface area (Å²) < 4.78 is 17.0. The zero-order chi connectivity index (χ0) is 20.6. The van der Waals surface area contributed by atoms with Crippen molar-refractivity contribution in [1.82, 2.24) is 0 Å². The van der Waals surface area contributed by atoms with Crippen molar-refractivity contribution in [3.8, 4) is 5.75 Å². The predicted molar refractivity (Wildman–Crippen MR) is 105 cm³/mol. The van der Waals surface area contributed by atoms with Crippen LogP contribution in [0, 0.1) is 0 Å². The molecule has 1 aliphatic rings. The summed E-state index contributed by atoms with van der Waals surface area (Å²) in [6, 6.07) is 16.6. The highest BCUT2D eigenvalue weighted by Gasteiger charge is 2.46. The lowest BCUT2D eigenvalue weighted by atomic mass is 9.99. The van der Waals surface area contributed by atoms with Crippen molar-refractivity contribution in [3.05, 3.63) is 65.7 Å². The minimum absolute atomic E-state index is 0.155. The zero-order valence-corrected chi connectivity index (χ0v) is 16.1. The molecule has 0 radical (unpaired) electrons. The first-order valence-electron chi connectivity index (χ1n) is 9.77. The summed E-state index contributed by atoms with van der Waals surface area (Å²) >= 11 is 0. The molecule has 0 aliphatic carbocycles. The Bertz CT molecular complexity index is 722. The molecule has 0 spiro atoms. The minimum atomic E-state index is -1.24. The molecule has 1 heterocycles. The van der Waals surface area contributed by atoms with E-state index in [2.05, 4.69) is 0 Å². The van der Waals surface area contributed by atoms with Crippen molar-refractivity contribution in [3.63, 3.8) is 0 Å².